The quantitative estimate of drug-likeness (QED) is 0.714. The highest BCUT2D eigenvalue weighted by Crippen LogP contribution is 2.32. The lowest BCUT2D eigenvalue weighted by Gasteiger charge is -2.19. The molecule has 3 heteroatoms. The number of rotatable bonds is 5. The van der Waals surface area contributed by atoms with Crippen LogP contribution in [0.1, 0.15) is 36.8 Å². The van der Waals surface area contributed by atoms with E-state index in [1.807, 2.05) is 19.1 Å². The number of benzene rings is 1. The lowest BCUT2D eigenvalue weighted by Crippen LogP contribution is -2.22. The van der Waals surface area contributed by atoms with E-state index >= 15 is 0 Å². The summed E-state index contributed by atoms with van der Waals surface area (Å²) in [6.07, 6.45) is 0.989. The maximum absolute atomic E-state index is 9.81. The van der Waals surface area contributed by atoms with Crippen LogP contribution in [0, 0.1) is 6.92 Å². The third kappa shape index (κ3) is 3.22. The maximum Gasteiger partial charge on any atom is 0.119 e. The molecule has 0 aliphatic rings. The van der Waals surface area contributed by atoms with Crippen LogP contribution in [0.3, 0.4) is 0 Å². The van der Waals surface area contributed by atoms with Crippen molar-refractivity contribution in [2.75, 3.05) is 6.54 Å². The van der Waals surface area contributed by atoms with Gasteiger partial charge in [-0.2, -0.15) is 0 Å². The first kappa shape index (κ1) is 13.0. The molecule has 0 heterocycles. The standard InChI is InChI=1S/C13H21NO2/c1-3-10(7-11(15)8-14)12-6-9(2)4-5-13(12)16/h4-6,10-11,15-16H,3,7-8,14H2,1-2H3. The van der Waals surface area contributed by atoms with Crippen LogP contribution in [0.15, 0.2) is 18.2 Å². The minimum atomic E-state index is -0.495. The van der Waals surface area contributed by atoms with Crippen LogP contribution in [0.4, 0.5) is 0 Å². The number of hydrogen-bond donors (Lipinski definition) is 3. The first-order chi connectivity index (χ1) is 7.58. The number of hydrogen-bond acceptors (Lipinski definition) is 3. The fourth-order valence-electron chi connectivity index (χ4n) is 1.94. The van der Waals surface area contributed by atoms with Gasteiger partial charge in [0.05, 0.1) is 6.10 Å². The van der Waals surface area contributed by atoms with E-state index in [1.54, 1.807) is 6.07 Å². The van der Waals surface area contributed by atoms with Crippen molar-refractivity contribution in [3.63, 3.8) is 0 Å². The molecule has 3 nitrogen and oxygen atoms in total. The average molecular weight is 223 g/mol. The third-order valence-corrected chi connectivity index (χ3v) is 2.94. The summed E-state index contributed by atoms with van der Waals surface area (Å²) in [6, 6.07) is 5.57. The Hall–Kier alpha value is -1.06. The number of aliphatic hydroxyl groups excluding tert-OH is 1. The Morgan fingerprint density at radius 3 is 2.62 bits per heavy atom. The fraction of sp³-hybridized carbons (Fsp3) is 0.538. The Kier molecular flexibility index (Phi) is 4.77. The van der Waals surface area contributed by atoms with Crippen molar-refractivity contribution in [2.45, 2.75) is 38.7 Å². The van der Waals surface area contributed by atoms with E-state index in [2.05, 4.69) is 6.92 Å². The molecular weight excluding hydrogens is 202 g/mol. The van der Waals surface area contributed by atoms with Crippen molar-refractivity contribution in [1.29, 1.82) is 0 Å². The number of aryl methyl sites for hydroxylation is 1. The lowest BCUT2D eigenvalue weighted by atomic mass is 9.89. The average Bonchev–Trinajstić information content (AvgIpc) is 2.29. The molecule has 0 bridgehead atoms. The molecule has 0 radical (unpaired) electrons. The number of aromatic hydroxyl groups is 1. The summed E-state index contributed by atoms with van der Waals surface area (Å²) in [5, 5.41) is 19.4. The van der Waals surface area contributed by atoms with Crippen molar-refractivity contribution in [3.05, 3.63) is 29.3 Å². The van der Waals surface area contributed by atoms with Crippen molar-refractivity contribution in [3.8, 4) is 5.75 Å². The predicted molar refractivity (Wildman–Crippen MR) is 65.6 cm³/mol. The molecule has 1 aromatic carbocycles. The van der Waals surface area contributed by atoms with Gasteiger partial charge in [-0.25, -0.2) is 0 Å². The summed E-state index contributed by atoms with van der Waals surface area (Å²) >= 11 is 0. The Morgan fingerprint density at radius 2 is 2.06 bits per heavy atom. The molecule has 0 fully saturated rings. The Balaban J connectivity index is 2.89. The van der Waals surface area contributed by atoms with Crippen LogP contribution in [-0.4, -0.2) is 22.9 Å². The normalized spacial score (nSPS) is 14.8. The zero-order valence-corrected chi connectivity index (χ0v) is 9.98. The predicted octanol–water partition coefficient (Wildman–Crippen LogP) is 1.90. The van der Waals surface area contributed by atoms with E-state index < -0.39 is 6.10 Å². The summed E-state index contributed by atoms with van der Waals surface area (Å²) in [5.74, 6) is 0.472. The summed E-state index contributed by atoms with van der Waals surface area (Å²) in [5.41, 5.74) is 7.44. The van der Waals surface area contributed by atoms with Crippen LogP contribution < -0.4 is 5.73 Å². The SMILES string of the molecule is CCC(CC(O)CN)c1cc(C)ccc1O. The zero-order chi connectivity index (χ0) is 12.1. The van der Waals surface area contributed by atoms with E-state index in [4.69, 9.17) is 5.73 Å². The summed E-state index contributed by atoms with van der Waals surface area (Å²) < 4.78 is 0. The van der Waals surface area contributed by atoms with Gasteiger partial charge in [-0.3, -0.25) is 0 Å². The maximum atomic E-state index is 9.81. The molecule has 0 spiro atoms. The van der Waals surface area contributed by atoms with E-state index in [-0.39, 0.29) is 12.5 Å². The number of aliphatic hydroxyl groups is 1. The van der Waals surface area contributed by atoms with Gasteiger partial charge in [-0.15, -0.1) is 0 Å². The van der Waals surface area contributed by atoms with Gasteiger partial charge in [0.2, 0.25) is 0 Å². The fourth-order valence-corrected chi connectivity index (χ4v) is 1.94. The molecule has 0 amide bonds. The first-order valence-corrected chi connectivity index (χ1v) is 5.76. The highest BCUT2D eigenvalue weighted by molar-refractivity contribution is 5.38. The van der Waals surface area contributed by atoms with Crippen molar-refractivity contribution < 1.29 is 10.2 Å². The van der Waals surface area contributed by atoms with E-state index in [9.17, 15) is 10.2 Å². The monoisotopic (exact) mass is 223 g/mol. The third-order valence-electron chi connectivity index (χ3n) is 2.94. The largest absolute Gasteiger partial charge is 0.508 e. The zero-order valence-electron chi connectivity index (χ0n) is 9.98. The van der Waals surface area contributed by atoms with Crippen LogP contribution in [0.2, 0.25) is 0 Å². The molecule has 0 aromatic heterocycles. The highest BCUT2D eigenvalue weighted by atomic mass is 16.3. The molecule has 0 aliphatic heterocycles. The van der Waals surface area contributed by atoms with Crippen molar-refractivity contribution in [2.24, 2.45) is 5.73 Å². The van der Waals surface area contributed by atoms with Crippen LogP contribution >= 0.6 is 0 Å². The number of phenolic OH excluding ortho intramolecular Hbond substituents is 1. The van der Waals surface area contributed by atoms with Gasteiger partial charge < -0.3 is 15.9 Å². The van der Waals surface area contributed by atoms with Gasteiger partial charge in [0.1, 0.15) is 5.75 Å². The molecule has 0 saturated carbocycles. The molecule has 2 unspecified atom stereocenters. The minimum absolute atomic E-state index is 0.165. The molecular formula is C13H21NO2. The number of nitrogens with two attached hydrogens (primary N) is 1. The molecule has 0 saturated heterocycles. The molecule has 1 rings (SSSR count). The Morgan fingerprint density at radius 1 is 1.38 bits per heavy atom. The van der Waals surface area contributed by atoms with Gasteiger partial charge >= 0.3 is 0 Å². The molecule has 1 aromatic rings. The Bertz CT molecular complexity index is 339. The van der Waals surface area contributed by atoms with Crippen LogP contribution in [0.5, 0.6) is 5.75 Å². The van der Waals surface area contributed by atoms with Crippen LogP contribution in [0.25, 0.3) is 0 Å². The highest BCUT2D eigenvalue weighted by Gasteiger charge is 2.17. The molecule has 90 valence electrons. The van der Waals surface area contributed by atoms with Gasteiger partial charge in [0, 0.05) is 6.54 Å². The molecule has 16 heavy (non-hydrogen) atoms. The van der Waals surface area contributed by atoms with Crippen LogP contribution in [-0.2, 0) is 0 Å². The summed E-state index contributed by atoms with van der Waals surface area (Å²) in [7, 11) is 0. The van der Waals surface area contributed by atoms with E-state index in [0.29, 0.717) is 12.2 Å². The summed E-state index contributed by atoms with van der Waals surface area (Å²) in [4.78, 5) is 0. The second-order valence-corrected chi connectivity index (χ2v) is 4.29. The summed E-state index contributed by atoms with van der Waals surface area (Å²) in [6.45, 7) is 4.31. The van der Waals surface area contributed by atoms with Gasteiger partial charge in [-0.1, -0.05) is 24.6 Å². The van der Waals surface area contributed by atoms with Crippen molar-refractivity contribution in [1.82, 2.24) is 0 Å². The second kappa shape index (κ2) is 5.87. The van der Waals surface area contributed by atoms with Gasteiger partial charge in [-0.05, 0) is 37.3 Å². The van der Waals surface area contributed by atoms with Gasteiger partial charge in [0.15, 0.2) is 0 Å². The van der Waals surface area contributed by atoms with E-state index in [0.717, 1.165) is 17.5 Å². The Labute approximate surface area is 96.9 Å². The van der Waals surface area contributed by atoms with Crippen molar-refractivity contribution >= 4 is 0 Å². The lowest BCUT2D eigenvalue weighted by molar-refractivity contribution is 0.161. The minimum Gasteiger partial charge on any atom is -0.508 e. The number of phenols is 1. The topological polar surface area (TPSA) is 66.5 Å². The molecule has 2 atom stereocenters. The second-order valence-electron chi connectivity index (χ2n) is 4.29. The van der Waals surface area contributed by atoms with E-state index in [1.165, 1.54) is 0 Å². The smallest absolute Gasteiger partial charge is 0.119 e. The molecule has 4 N–H and O–H groups in total. The molecule has 0 aliphatic carbocycles. The first-order valence-electron chi connectivity index (χ1n) is 5.76. The van der Waals surface area contributed by atoms with Gasteiger partial charge in [0.25, 0.3) is 0 Å².